The molecule has 1 unspecified atom stereocenters. The van der Waals surface area contributed by atoms with E-state index in [0.717, 1.165) is 63.7 Å². The molecule has 6 nitrogen and oxygen atoms in total. The zero-order valence-electron chi connectivity index (χ0n) is 41.6. The van der Waals surface area contributed by atoms with Crippen LogP contribution in [0.1, 0.15) is 310 Å². The molecular weight excluding hydrogens is 757 g/mol. The summed E-state index contributed by atoms with van der Waals surface area (Å²) in [4.78, 5) is 38.0. The van der Waals surface area contributed by atoms with Crippen LogP contribution in [-0.4, -0.2) is 37.2 Å². The Labute approximate surface area is 380 Å². The van der Waals surface area contributed by atoms with Crippen molar-refractivity contribution >= 4 is 17.9 Å². The summed E-state index contributed by atoms with van der Waals surface area (Å²) in [5.74, 6) is 0.0301. The minimum absolute atomic E-state index is 0.0623. The Kier molecular flexibility index (Phi) is 48.1. The van der Waals surface area contributed by atoms with Crippen molar-refractivity contribution in [3.05, 3.63) is 0 Å². The first kappa shape index (κ1) is 59.4. The normalized spacial score (nSPS) is 12.4. The number of esters is 3. The van der Waals surface area contributed by atoms with Gasteiger partial charge in [-0.1, -0.05) is 272 Å². The smallest absolute Gasteiger partial charge is 0.306 e. The van der Waals surface area contributed by atoms with Gasteiger partial charge in [-0.15, -0.1) is 0 Å². The van der Waals surface area contributed by atoms with E-state index in [1.54, 1.807) is 0 Å². The summed E-state index contributed by atoms with van der Waals surface area (Å²) in [5.41, 5.74) is 0. The Bertz CT molecular complexity index is 920. The summed E-state index contributed by atoms with van der Waals surface area (Å²) in [6.45, 7) is 9.07. The molecule has 0 aliphatic heterocycles. The summed E-state index contributed by atoms with van der Waals surface area (Å²) < 4.78 is 16.9. The van der Waals surface area contributed by atoms with Crippen molar-refractivity contribution in [2.75, 3.05) is 13.2 Å². The first-order valence-electron chi connectivity index (χ1n) is 27.4. The lowest BCUT2D eigenvalue weighted by molar-refractivity contribution is -0.167. The van der Waals surface area contributed by atoms with Gasteiger partial charge in [0, 0.05) is 19.3 Å². The lowest BCUT2D eigenvalue weighted by Crippen LogP contribution is -2.30. The minimum atomic E-state index is -0.761. The molecule has 0 amide bonds. The number of unbranched alkanes of at least 4 members (excludes halogenated alkanes) is 36. The summed E-state index contributed by atoms with van der Waals surface area (Å²) in [6.07, 6.45) is 52.2. The van der Waals surface area contributed by atoms with Crippen LogP contribution in [0.15, 0.2) is 0 Å². The van der Waals surface area contributed by atoms with Gasteiger partial charge in [-0.25, -0.2) is 0 Å². The molecule has 0 aromatic carbocycles. The molecule has 0 heterocycles. The lowest BCUT2D eigenvalue weighted by Gasteiger charge is -2.18. The molecule has 0 aliphatic rings. The molecule has 6 heteroatoms. The molecule has 362 valence electrons. The Morgan fingerprint density at radius 2 is 0.574 bits per heavy atom. The number of hydrogen-bond donors (Lipinski definition) is 0. The average Bonchev–Trinajstić information content (AvgIpc) is 3.26. The van der Waals surface area contributed by atoms with Gasteiger partial charge in [0.1, 0.15) is 13.2 Å². The van der Waals surface area contributed by atoms with Crippen LogP contribution >= 0.6 is 0 Å². The maximum atomic E-state index is 12.8. The second kappa shape index (κ2) is 49.4. The van der Waals surface area contributed by atoms with Crippen LogP contribution in [0.5, 0.6) is 0 Å². The largest absolute Gasteiger partial charge is 0.462 e. The zero-order valence-corrected chi connectivity index (χ0v) is 41.6. The second-order valence-electron chi connectivity index (χ2n) is 19.1. The van der Waals surface area contributed by atoms with Crippen molar-refractivity contribution in [1.29, 1.82) is 0 Å². The van der Waals surface area contributed by atoms with Gasteiger partial charge in [0.15, 0.2) is 6.10 Å². The zero-order chi connectivity index (χ0) is 44.5. The van der Waals surface area contributed by atoms with Crippen LogP contribution in [0.3, 0.4) is 0 Å². The first-order valence-corrected chi connectivity index (χ1v) is 27.4. The van der Waals surface area contributed by atoms with Crippen LogP contribution in [0.4, 0.5) is 0 Å². The summed E-state index contributed by atoms with van der Waals surface area (Å²) in [5, 5.41) is 0. The van der Waals surface area contributed by atoms with Gasteiger partial charge in [-0.3, -0.25) is 14.4 Å². The highest BCUT2D eigenvalue weighted by Crippen LogP contribution is 2.18. The van der Waals surface area contributed by atoms with Gasteiger partial charge >= 0.3 is 17.9 Å². The predicted octanol–water partition coefficient (Wildman–Crippen LogP) is 17.8. The average molecular weight is 863 g/mol. The Balaban J connectivity index is 4.32. The standard InChI is InChI=1S/C55H106O6/c1-5-8-10-12-14-16-18-20-22-24-26-32-36-40-44-48-55(58)61-52(49-59-53(56)46-42-38-34-30-25-23-21-19-17-15-13-11-9-6-2)50-60-54(57)47-43-39-35-31-28-27-29-33-37-41-45-51(4)7-3/h51-52H,5-50H2,1-4H3/t51?,52-/m0/s1. The van der Waals surface area contributed by atoms with Crippen molar-refractivity contribution in [2.45, 2.75) is 316 Å². The molecule has 0 radical (unpaired) electrons. The third kappa shape index (κ3) is 47.7. The predicted molar refractivity (Wildman–Crippen MR) is 261 cm³/mol. The van der Waals surface area contributed by atoms with Crippen molar-refractivity contribution < 1.29 is 28.6 Å². The highest BCUT2D eigenvalue weighted by atomic mass is 16.6. The third-order valence-corrected chi connectivity index (χ3v) is 12.9. The van der Waals surface area contributed by atoms with Gasteiger partial charge in [0.2, 0.25) is 0 Å². The second-order valence-corrected chi connectivity index (χ2v) is 19.1. The topological polar surface area (TPSA) is 78.9 Å². The molecule has 0 saturated carbocycles. The van der Waals surface area contributed by atoms with Crippen molar-refractivity contribution in [1.82, 2.24) is 0 Å². The van der Waals surface area contributed by atoms with E-state index in [1.165, 1.54) is 205 Å². The quantitative estimate of drug-likeness (QED) is 0.0344. The number of rotatable bonds is 50. The Morgan fingerprint density at radius 1 is 0.328 bits per heavy atom. The lowest BCUT2D eigenvalue weighted by atomic mass is 9.99. The molecule has 0 aliphatic carbocycles. The van der Waals surface area contributed by atoms with Crippen LogP contribution in [0, 0.1) is 5.92 Å². The molecule has 0 rings (SSSR count). The molecular formula is C55H106O6. The first-order chi connectivity index (χ1) is 29.9. The van der Waals surface area contributed by atoms with E-state index in [4.69, 9.17) is 14.2 Å². The molecule has 61 heavy (non-hydrogen) atoms. The fourth-order valence-corrected chi connectivity index (χ4v) is 8.36. The van der Waals surface area contributed by atoms with Gasteiger partial charge < -0.3 is 14.2 Å². The molecule has 0 N–H and O–H groups in total. The van der Waals surface area contributed by atoms with Crippen molar-refractivity contribution in [3.8, 4) is 0 Å². The van der Waals surface area contributed by atoms with Crippen molar-refractivity contribution in [3.63, 3.8) is 0 Å². The minimum Gasteiger partial charge on any atom is -0.462 e. The summed E-state index contributed by atoms with van der Waals surface area (Å²) in [6, 6.07) is 0. The highest BCUT2D eigenvalue weighted by molar-refractivity contribution is 5.71. The van der Waals surface area contributed by atoms with E-state index in [0.29, 0.717) is 19.3 Å². The summed E-state index contributed by atoms with van der Waals surface area (Å²) >= 11 is 0. The molecule has 0 saturated heterocycles. The van der Waals surface area contributed by atoms with E-state index in [-0.39, 0.29) is 31.1 Å². The fourth-order valence-electron chi connectivity index (χ4n) is 8.36. The molecule has 0 aromatic heterocycles. The van der Waals surface area contributed by atoms with E-state index >= 15 is 0 Å². The van der Waals surface area contributed by atoms with Gasteiger partial charge in [0.05, 0.1) is 0 Å². The SMILES string of the molecule is CCCCCCCCCCCCCCCCCC(=O)O[C@@H](COC(=O)CCCCCCCCCCCCCCCC)COC(=O)CCCCCCCCCCCCC(C)CC. The van der Waals surface area contributed by atoms with Gasteiger partial charge in [-0.2, -0.15) is 0 Å². The van der Waals surface area contributed by atoms with Gasteiger partial charge in [0.25, 0.3) is 0 Å². The molecule has 0 bridgehead atoms. The molecule has 0 spiro atoms. The number of carbonyl (C=O) groups is 3. The van der Waals surface area contributed by atoms with E-state index in [9.17, 15) is 14.4 Å². The van der Waals surface area contributed by atoms with Gasteiger partial charge in [-0.05, 0) is 25.2 Å². The Hall–Kier alpha value is -1.59. The van der Waals surface area contributed by atoms with E-state index in [1.807, 2.05) is 0 Å². The maximum absolute atomic E-state index is 12.8. The monoisotopic (exact) mass is 863 g/mol. The van der Waals surface area contributed by atoms with Crippen LogP contribution < -0.4 is 0 Å². The highest BCUT2D eigenvalue weighted by Gasteiger charge is 2.19. The fraction of sp³-hybridized carbons (Fsp3) is 0.945. The third-order valence-electron chi connectivity index (χ3n) is 12.9. The van der Waals surface area contributed by atoms with Crippen molar-refractivity contribution in [2.24, 2.45) is 5.92 Å². The molecule has 0 fully saturated rings. The summed E-state index contributed by atoms with van der Waals surface area (Å²) in [7, 11) is 0. The number of hydrogen-bond acceptors (Lipinski definition) is 6. The molecule has 2 atom stereocenters. The van der Waals surface area contributed by atoms with Crippen LogP contribution in [-0.2, 0) is 28.6 Å². The number of carbonyl (C=O) groups excluding carboxylic acids is 3. The van der Waals surface area contributed by atoms with E-state index in [2.05, 4.69) is 27.7 Å². The number of ether oxygens (including phenoxy) is 3. The molecule has 0 aromatic rings. The van der Waals surface area contributed by atoms with E-state index < -0.39 is 6.10 Å². The van der Waals surface area contributed by atoms with Crippen LogP contribution in [0.2, 0.25) is 0 Å². The maximum Gasteiger partial charge on any atom is 0.306 e. The Morgan fingerprint density at radius 3 is 0.852 bits per heavy atom. The van der Waals surface area contributed by atoms with Crippen LogP contribution in [0.25, 0.3) is 0 Å².